The summed E-state index contributed by atoms with van der Waals surface area (Å²) in [7, 11) is -3.42. The summed E-state index contributed by atoms with van der Waals surface area (Å²) in [6, 6.07) is 0.289. The number of nitrogens with zero attached hydrogens (tertiary/aromatic N) is 2. The summed E-state index contributed by atoms with van der Waals surface area (Å²) >= 11 is 0. The van der Waals surface area contributed by atoms with Crippen molar-refractivity contribution >= 4 is 16.1 Å². The van der Waals surface area contributed by atoms with E-state index in [4.69, 9.17) is 0 Å². The van der Waals surface area contributed by atoms with Gasteiger partial charge < -0.3 is 5.32 Å². The monoisotopic (exact) mass is 371 g/mol. The van der Waals surface area contributed by atoms with Gasteiger partial charge in [0.1, 0.15) is 0 Å². The Morgan fingerprint density at radius 3 is 2.24 bits per heavy atom. The van der Waals surface area contributed by atoms with Crippen LogP contribution in [0.15, 0.2) is 0 Å². The van der Waals surface area contributed by atoms with Crippen molar-refractivity contribution in [3.63, 3.8) is 0 Å². The van der Waals surface area contributed by atoms with Crippen LogP contribution in [0.3, 0.4) is 0 Å². The molecule has 1 amide bonds. The van der Waals surface area contributed by atoms with E-state index in [-0.39, 0.29) is 17.9 Å². The molecule has 0 aromatic heterocycles. The zero-order valence-corrected chi connectivity index (χ0v) is 16.3. The van der Waals surface area contributed by atoms with Crippen LogP contribution in [-0.2, 0) is 15.0 Å². The van der Waals surface area contributed by atoms with Gasteiger partial charge in [-0.05, 0) is 44.4 Å². The maximum absolute atomic E-state index is 12.9. The van der Waals surface area contributed by atoms with Crippen molar-refractivity contribution < 1.29 is 13.2 Å². The van der Waals surface area contributed by atoms with Gasteiger partial charge in [-0.25, -0.2) is 0 Å². The van der Waals surface area contributed by atoms with Gasteiger partial charge in [-0.15, -0.1) is 0 Å². The maximum Gasteiger partial charge on any atom is 0.281 e. The fraction of sp³-hybridized carbons (Fsp3) is 0.944. The Bertz CT molecular complexity index is 552. The SMILES string of the molecule is CC1CCN(S(=O)(=O)N2CCCC(C(=O)NC3CCCCC3)C2)CC1. The van der Waals surface area contributed by atoms with E-state index in [1.54, 1.807) is 8.61 Å². The molecule has 0 bridgehead atoms. The highest BCUT2D eigenvalue weighted by Crippen LogP contribution is 2.26. The molecular formula is C18H33N3O3S. The molecule has 1 atom stereocenters. The number of hydrogen-bond acceptors (Lipinski definition) is 3. The third-order valence-electron chi connectivity index (χ3n) is 6.10. The number of nitrogens with one attached hydrogen (secondary N) is 1. The van der Waals surface area contributed by atoms with Gasteiger partial charge in [0, 0.05) is 32.2 Å². The Labute approximate surface area is 152 Å². The molecule has 3 aliphatic rings. The summed E-state index contributed by atoms with van der Waals surface area (Å²) in [5, 5.41) is 3.17. The smallest absolute Gasteiger partial charge is 0.281 e. The molecule has 0 radical (unpaired) electrons. The quantitative estimate of drug-likeness (QED) is 0.823. The molecule has 1 unspecified atom stereocenters. The van der Waals surface area contributed by atoms with E-state index in [1.165, 1.54) is 19.3 Å². The van der Waals surface area contributed by atoms with Crippen LogP contribution in [0.25, 0.3) is 0 Å². The summed E-state index contributed by atoms with van der Waals surface area (Å²) < 4.78 is 29.0. The van der Waals surface area contributed by atoms with E-state index in [1.807, 2.05) is 0 Å². The molecule has 7 heteroatoms. The molecule has 1 N–H and O–H groups in total. The predicted molar refractivity (Wildman–Crippen MR) is 98.2 cm³/mol. The molecular weight excluding hydrogens is 338 g/mol. The van der Waals surface area contributed by atoms with Crippen LogP contribution in [0.4, 0.5) is 0 Å². The lowest BCUT2D eigenvalue weighted by molar-refractivity contribution is -0.127. The van der Waals surface area contributed by atoms with E-state index < -0.39 is 10.2 Å². The summed E-state index contributed by atoms with van der Waals surface area (Å²) in [5.41, 5.74) is 0. The van der Waals surface area contributed by atoms with E-state index in [9.17, 15) is 13.2 Å². The van der Waals surface area contributed by atoms with Crippen LogP contribution >= 0.6 is 0 Å². The number of carbonyl (C=O) groups is 1. The van der Waals surface area contributed by atoms with E-state index in [0.717, 1.165) is 38.5 Å². The fourth-order valence-corrected chi connectivity index (χ4v) is 6.04. The number of rotatable bonds is 4. The number of carbonyl (C=O) groups excluding carboxylic acids is 1. The molecule has 1 aliphatic carbocycles. The summed E-state index contributed by atoms with van der Waals surface area (Å²) in [4.78, 5) is 12.6. The average molecular weight is 372 g/mol. The molecule has 2 aliphatic heterocycles. The minimum absolute atomic E-state index is 0.0547. The minimum Gasteiger partial charge on any atom is -0.353 e. The van der Waals surface area contributed by atoms with Gasteiger partial charge >= 0.3 is 0 Å². The van der Waals surface area contributed by atoms with Gasteiger partial charge in [-0.3, -0.25) is 4.79 Å². The molecule has 2 heterocycles. The van der Waals surface area contributed by atoms with Crippen molar-refractivity contribution in [3.8, 4) is 0 Å². The van der Waals surface area contributed by atoms with E-state index in [2.05, 4.69) is 12.2 Å². The second kappa shape index (κ2) is 8.35. The lowest BCUT2D eigenvalue weighted by Gasteiger charge is -2.37. The Kier molecular flexibility index (Phi) is 6.39. The molecule has 0 aromatic rings. The Hall–Kier alpha value is -0.660. The maximum atomic E-state index is 12.9. The van der Waals surface area contributed by atoms with Crippen LogP contribution in [-0.4, -0.2) is 55.2 Å². The van der Waals surface area contributed by atoms with Crippen molar-refractivity contribution in [2.45, 2.75) is 70.8 Å². The lowest BCUT2D eigenvalue weighted by atomic mass is 9.93. The molecule has 1 saturated carbocycles. The highest BCUT2D eigenvalue weighted by atomic mass is 32.2. The van der Waals surface area contributed by atoms with Crippen molar-refractivity contribution in [2.75, 3.05) is 26.2 Å². The summed E-state index contributed by atoms with van der Waals surface area (Å²) in [5.74, 6) is 0.454. The molecule has 3 rings (SSSR count). The van der Waals surface area contributed by atoms with Crippen molar-refractivity contribution in [1.82, 2.24) is 13.9 Å². The van der Waals surface area contributed by atoms with Crippen LogP contribution < -0.4 is 5.32 Å². The molecule has 25 heavy (non-hydrogen) atoms. The van der Waals surface area contributed by atoms with Gasteiger partial charge in [0.15, 0.2) is 0 Å². The third-order valence-corrected chi connectivity index (χ3v) is 8.10. The highest BCUT2D eigenvalue weighted by Gasteiger charge is 2.37. The van der Waals surface area contributed by atoms with Crippen LogP contribution in [0.1, 0.15) is 64.7 Å². The zero-order chi connectivity index (χ0) is 17.9. The average Bonchev–Trinajstić information content (AvgIpc) is 2.63. The lowest BCUT2D eigenvalue weighted by Crippen LogP contribution is -2.52. The Morgan fingerprint density at radius 1 is 0.880 bits per heavy atom. The Balaban J connectivity index is 1.57. The first-order valence-electron chi connectivity index (χ1n) is 10.0. The highest BCUT2D eigenvalue weighted by molar-refractivity contribution is 7.86. The first-order valence-corrected chi connectivity index (χ1v) is 11.4. The van der Waals surface area contributed by atoms with Crippen molar-refractivity contribution in [2.24, 2.45) is 11.8 Å². The second-order valence-electron chi connectivity index (χ2n) is 8.13. The van der Waals surface area contributed by atoms with Crippen molar-refractivity contribution in [1.29, 1.82) is 0 Å². The molecule has 3 fully saturated rings. The first-order chi connectivity index (χ1) is 12.0. The van der Waals surface area contributed by atoms with Crippen LogP contribution in [0.5, 0.6) is 0 Å². The normalized spacial score (nSPS) is 28.8. The first kappa shape index (κ1) is 19.1. The van der Waals surface area contributed by atoms with Gasteiger partial charge in [0.25, 0.3) is 10.2 Å². The number of hydrogen-bond donors (Lipinski definition) is 1. The predicted octanol–water partition coefficient (Wildman–Crippen LogP) is 2.12. The standard InChI is InChI=1S/C18H33N3O3S/c1-15-9-12-20(13-10-15)25(23,24)21-11-5-6-16(14-21)18(22)19-17-7-3-2-4-8-17/h15-17H,2-14H2,1H3,(H,19,22). The van der Waals surface area contributed by atoms with Crippen LogP contribution in [0, 0.1) is 11.8 Å². The second-order valence-corrected chi connectivity index (χ2v) is 10.1. The van der Waals surface area contributed by atoms with Crippen LogP contribution in [0.2, 0.25) is 0 Å². The molecule has 6 nitrogen and oxygen atoms in total. The summed E-state index contributed by atoms with van der Waals surface area (Å²) in [6.07, 6.45) is 9.17. The topological polar surface area (TPSA) is 69.7 Å². The number of piperidine rings is 2. The molecule has 0 aromatic carbocycles. The third kappa shape index (κ3) is 4.74. The van der Waals surface area contributed by atoms with E-state index in [0.29, 0.717) is 32.1 Å². The minimum atomic E-state index is -3.42. The van der Waals surface area contributed by atoms with Crippen molar-refractivity contribution in [3.05, 3.63) is 0 Å². The molecule has 144 valence electrons. The Morgan fingerprint density at radius 2 is 1.56 bits per heavy atom. The fourth-order valence-electron chi connectivity index (χ4n) is 4.31. The number of amides is 1. The summed E-state index contributed by atoms with van der Waals surface area (Å²) in [6.45, 7) is 4.28. The van der Waals surface area contributed by atoms with Gasteiger partial charge in [0.05, 0.1) is 5.92 Å². The largest absolute Gasteiger partial charge is 0.353 e. The molecule has 0 spiro atoms. The molecule has 2 saturated heterocycles. The van der Waals surface area contributed by atoms with Gasteiger partial charge in [0.2, 0.25) is 5.91 Å². The van der Waals surface area contributed by atoms with Gasteiger partial charge in [-0.1, -0.05) is 26.2 Å². The zero-order valence-electron chi connectivity index (χ0n) is 15.5. The van der Waals surface area contributed by atoms with E-state index >= 15 is 0 Å². The van der Waals surface area contributed by atoms with Gasteiger partial charge in [-0.2, -0.15) is 17.0 Å².